The van der Waals surface area contributed by atoms with Gasteiger partial charge in [0.1, 0.15) is 5.69 Å². The van der Waals surface area contributed by atoms with E-state index in [4.69, 9.17) is 5.11 Å². The monoisotopic (exact) mass is 277 g/mol. The first kappa shape index (κ1) is 13.2. The lowest BCUT2D eigenvalue weighted by molar-refractivity contribution is 0.0690. The summed E-state index contributed by atoms with van der Waals surface area (Å²) in [7, 11) is 0. The number of anilines is 1. The third-order valence-corrected chi connectivity index (χ3v) is 3.20. The summed E-state index contributed by atoms with van der Waals surface area (Å²) in [6.07, 6.45) is 1.88. The van der Waals surface area contributed by atoms with Crippen molar-refractivity contribution < 1.29 is 14.7 Å². The van der Waals surface area contributed by atoms with Crippen LogP contribution in [0.2, 0.25) is 0 Å². The third-order valence-electron chi connectivity index (χ3n) is 2.40. The topological polar surface area (TPSA) is 95.1 Å². The zero-order valence-corrected chi connectivity index (χ0v) is 10.8. The molecule has 0 aliphatic heterocycles. The molecule has 0 atom stereocenters. The number of nitrogens with zero attached hydrogens (tertiary/aromatic N) is 1. The Labute approximate surface area is 113 Å². The fourth-order valence-electron chi connectivity index (χ4n) is 1.51. The summed E-state index contributed by atoms with van der Waals surface area (Å²) in [5.74, 6) is -1.27. The molecule has 98 valence electrons. The van der Waals surface area contributed by atoms with Gasteiger partial charge in [-0.2, -0.15) is 5.10 Å². The van der Waals surface area contributed by atoms with Gasteiger partial charge in [-0.25, -0.2) is 4.79 Å². The Bertz CT molecular complexity index is 624. The second kappa shape index (κ2) is 5.57. The molecule has 1 aromatic heterocycles. The van der Waals surface area contributed by atoms with Crippen molar-refractivity contribution in [3.05, 3.63) is 41.6 Å². The molecular weight excluding hydrogens is 266 g/mol. The first-order valence-electron chi connectivity index (χ1n) is 5.35. The highest BCUT2D eigenvalue weighted by Gasteiger charge is 2.13. The lowest BCUT2D eigenvalue weighted by Gasteiger charge is -2.05. The van der Waals surface area contributed by atoms with Gasteiger partial charge in [-0.05, 0) is 18.4 Å². The number of thioether (sulfide) groups is 1. The van der Waals surface area contributed by atoms with Crippen LogP contribution >= 0.6 is 11.8 Å². The van der Waals surface area contributed by atoms with E-state index in [0.29, 0.717) is 5.56 Å². The number of hydrogen-bond donors (Lipinski definition) is 3. The zero-order chi connectivity index (χ0) is 13.8. The van der Waals surface area contributed by atoms with Crippen molar-refractivity contribution in [1.82, 2.24) is 10.2 Å². The Hall–Kier alpha value is -2.28. The van der Waals surface area contributed by atoms with Gasteiger partial charge >= 0.3 is 5.97 Å². The van der Waals surface area contributed by atoms with Gasteiger partial charge in [0.25, 0.3) is 5.91 Å². The van der Waals surface area contributed by atoms with Crippen LogP contribution in [0.3, 0.4) is 0 Å². The van der Waals surface area contributed by atoms with Crippen LogP contribution in [-0.2, 0) is 0 Å². The summed E-state index contributed by atoms with van der Waals surface area (Å²) in [6, 6.07) is 8.42. The summed E-state index contributed by atoms with van der Waals surface area (Å²) in [5, 5.41) is 17.3. The largest absolute Gasteiger partial charge is 0.477 e. The van der Waals surface area contributed by atoms with Crippen LogP contribution < -0.4 is 5.32 Å². The first-order valence-corrected chi connectivity index (χ1v) is 6.57. The number of amides is 1. The minimum absolute atomic E-state index is 0.0755. The van der Waals surface area contributed by atoms with Gasteiger partial charge in [0.05, 0.1) is 5.56 Å². The summed E-state index contributed by atoms with van der Waals surface area (Å²) < 4.78 is 0. The number of H-pyrrole nitrogens is 1. The molecular formula is C12H11N3O3S. The predicted molar refractivity (Wildman–Crippen MR) is 71.7 cm³/mol. The number of carbonyl (C=O) groups excluding carboxylic acids is 1. The number of benzene rings is 1. The van der Waals surface area contributed by atoms with Crippen LogP contribution in [0.5, 0.6) is 0 Å². The molecule has 0 saturated carbocycles. The summed E-state index contributed by atoms with van der Waals surface area (Å²) in [4.78, 5) is 23.6. The molecule has 6 nitrogen and oxygen atoms in total. The van der Waals surface area contributed by atoms with E-state index in [1.807, 2.05) is 18.4 Å². The van der Waals surface area contributed by atoms with Crippen molar-refractivity contribution in [2.75, 3.05) is 11.6 Å². The molecule has 0 saturated heterocycles. The van der Waals surface area contributed by atoms with Crippen molar-refractivity contribution in [1.29, 1.82) is 0 Å². The minimum Gasteiger partial charge on any atom is -0.477 e. The molecule has 0 unspecified atom stereocenters. The maximum Gasteiger partial charge on any atom is 0.353 e. The first-order chi connectivity index (χ1) is 9.11. The average Bonchev–Trinajstić information content (AvgIpc) is 2.87. The van der Waals surface area contributed by atoms with Gasteiger partial charge in [-0.1, -0.05) is 12.1 Å². The molecule has 2 rings (SSSR count). The van der Waals surface area contributed by atoms with Crippen molar-refractivity contribution in [2.45, 2.75) is 4.90 Å². The van der Waals surface area contributed by atoms with Gasteiger partial charge in [0, 0.05) is 11.0 Å². The Morgan fingerprint density at radius 3 is 2.74 bits per heavy atom. The van der Waals surface area contributed by atoms with Crippen molar-refractivity contribution in [2.24, 2.45) is 0 Å². The second-order valence-corrected chi connectivity index (χ2v) is 4.47. The van der Waals surface area contributed by atoms with E-state index in [1.165, 1.54) is 17.8 Å². The smallest absolute Gasteiger partial charge is 0.353 e. The SMILES string of the molecule is CSc1ccccc1C(=O)Nc1cc(C(=O)O)[nH]n1. The second-order valence-electron chi connectivity index (χ2n) is 3.63. The maximum atomic E-state index is 12.0. The molecule has 0 radical (unpaired) electrons. The number of carbonyl (C=O) groups is 2. The van der Waals surface area contributed by atoms with E-state index in [0.717, 1.165) is 4.90 Å². The number of carboxylic acids is 1. The van der Waals surface area contributed by atoms with Crippen LogP contribution in [0.1, 0.15) is 20.8 Å². The van der Waals surface area contributed by atoms with E-state index < -0.39 is 5.97 Å². The van der Waals surface area contributed by atoms with E-state index in [9.17, 15) is 9.59 Å². The Balaban J connectivity index is 2.18. The molecule has 1 heterocycles. The maximum absolute atomic E-state index is 12.0. The summed E-state index contributed by atoms with van der Waals surface area (Å²) >= 11 is 1.46. The van der Waals surface area contributed by atoms with E-state index in [2.05, 4.69) is 15.5 Å². The van der Waals surface area contributed by atoms with Crippen molar-refractivity contribution in [3.8, 4) is 0 Å². The normalized spacial score (nSPS) is 10.2. The molecule has 3 N–H and O–H groups in total. The summed E-state index contributed by atoms with van der Waals surface area (Å²) in [6.45, 7) is 0. The average molecular weight is 277 g/mol. The number of carboxylic acid groups (broad SMARTS) is 1. The van der Waals surface area contributed by atoms with Gasteiger partial charge < -0.3 is 10.4 Å². The van der Waals surface area contributed by atoms with Crippen molar-refractivity contribution >= 4 is 29.5 Å². The fourth-order valence-corrected chi connectivity index (χ4v) is 2.11. The quantitative estimate of drug-likeness (QED) is 0.744. The molecule has 0 bridgehead atoms. The highest BCUT2D eigenvalue weighted by Crippen LogP contribution is 2.20. The van der Waals surface area contributed by atoms with Crippen LogP contribution in [0.4, 0.5) is 5.82 Å². The van der Waals surface area contributed by atoms with Gasteiger partial charge in [-0.3, -0.25) is 9.89 Å². The van der Waals surface area contributed by atoms with Gasteiger partial charge in [-0.15, -0.1) is 11.8 Å². The standard InChI is InChI=1S/C12H11N3O3S/c1-19-9-5-3-2-4-7(9)11(16)13-10-6-8(12(17)18)14-15-10/h2-6H,1H3,(H,17,18)(H2,13,14,15,16). The third kappa shape index (κ3) is 2.94. The van der Waals surface area contributed by atoms with Crippen LogP contribution in [-0.4, -0.2) is 33.4 Å². The molecule has 1 aromatic carbocycles. The number of rotatable bonds is 4. The fraction of sp³-hybridized carbons (Fsp3) is 0.0833. The van der Waals surface area contributed by atoms with Crippen LogP contribution in [0.15, 0.2) is 35.2 Å². The van der Waals surface area contributed by atoms with Crippen LogP contribution in [0.25, 0.3) is 0 Å². The predicted octanol–water partition coefficient (Wildman–Crippen LogP) is 2.08. The summed E-state index contributed by atoms with van der Waals surface area (Å²) in [5.41, 5.74) is 0.448. The molecule has 0 fully saturated rings. The number of aromatic nitrogens is 2. The molecule has 1 amide bonds. The Morgan fingerprint density at radius 1 is 1.37 bits per heavy atom. The van der Waals surface area contributed by atoms with E-state index in [-0.39, 0.29) is 17.4 Å². The highest BCUT2D eigenvalue weighted by molar-refractivity contribution is 7.98. The van der Waals surface area contributed by atoms with Gasteiger partial charge in [0.2, 0.25) is 0 Å². The van der Waals surface area contributed by atoms with Crippen molar-refractivity contribution in [3.63, 3.8) is 0 Å². The molecule has 7 heteroatoms. The number of aromatic carboxylic acids is 1. The van der Waals surface area contributed by atoms with E-state index in [1.54, 1.807) is 12.1 Å². The lowest BCUT2D eigenvalue weighted by atomic mass is 10.2. The molecule has 0 aliphatic rings. The number of aromatic amines is 1. The Morgan fingerprint density at radius 2 is 2.11 bits per heavy atom. The zero-order valence-electron chi connectivity index (χ0n) is 10.0. The van der Waals surface area contributed by atoms with E-state index >= 15 is 0 Å². The lowest BCUT2D eigenvalue weighted by Crippen LogP contribution is -2.13. The molecule has 2 aromatic rings. The Kier molecular flexibility index (Phi) is 3.86. The van der Waals surface area contributed by atoms with Gasteiger partial charge in [0.15, 0.2) is 5.82 Å². The number of nitrogens with one attached hydrogen (secondary N) is 2. The minimum atomic E-state index is -1.13. The molecule has 0 spiro atoms. The molecule has 0 aliphatic carbocycles. The van der Waals surface area contributed by atoms with Crippen LogP contribution in [0, 0.1) is 0 Å². The molecule has 19 heavy (non-hydrogen) atoms. The highest BCUT2D eigenvalue weighted by atomic mass is 32.2. The number of hydrogen-bond acceptors (Lipinski definition) is 4.